The van der Waals surface area contributed by atoms with Crippen LogP contribution < -0.4 is 0 Å². The zero-order valence-corrected chi connectivity index (χ0v) is 10.7. The van der Waals surface area contributed by atoms with Crippen LogP contribution in [0.3, 0.4) is 0 Å². The molecular weight excluding hydrogens is 182 g/mol. The molecule has 2 aliphatic rings. The van der Waals surface area contributed by atoms with Crippen LogP contribution >= 0.6 is 0 Å². The van der Waals surface area contributed by atoms with E-state index in [1.165, 1.54) is 45.1 Å². The fourth-order valence-electron chi connectivity index (χ4n) is 3.80. The molecule has 0 amide bonds. The molecule has 2 rings (SSSR count). The zero-order valence-electron chi connectivity index (χ0n) is 10.7. The first-order valence-corrected chi connectivity index (χ1v) is 6.88. The Morgan fingerprint density at radius 3 is 2.20 bits per heavy atom. The van der Waals surface area contributed by atoms with Crippen LogP contribution in [-0.4, -0.2) is 24.5 Å². The van der Waals surface area contributed by atoms with Crippen molar-refractivity contribution >= 4 is 0 Å². The summed E-state index contributed by atoms with van der Waals surface area (Å²) in [7, 11) is 2.33. The fourth-order valence-corrected chi connectivity index (χ4v) is 3.80. The average molecular weight is 209 g/mol. The van der Waals surface area contributed by atoms with E-state index in [1.807, 2.05) is 0 Å². The summed E-state index contributed by atoms with van der Waals surface area (Å²) in [6.45, 7) is 6.13. The highest BCUT2D eigenvalue weighted by molar-refractivity contribution is 4.89. The standard InChI is InChI=1S/C14H27N/c1-11(2)14-9-13(10-15(14)3)12-7-5-4-6-8-12/h11-14H,4-10H2,1-3H3. The van der Waals surface area contributed by atoms with Crippen LogP contribution in [-0.2, 0) is 0 Å². The molecule has 1 heterocycles. The maximum absolute atomic E-state index is 2.62. The number of likely N-dealkylation sites (tertiary alicyclic amines) is 1. The SMILES string of the molecule is CC(C)C1CC(C2CCCCC2)CN1C. The van der Waals surface area contributed by atoms with E-state index < -0.39 is 0 Å². The third kappa shape index (κ3) is 2.55. The first-order valence-electron chi connectivity index (χ1n) is 6.88. The van der Waals surface area contributed by atoms with Crippen molar-refractivity contribution in [1.29, 1.82) is 0 Å². The van der Waals surface area contributed by atoms with E-state index in [0.717, 1.165) is 23.8 Å². The first-order chi connectivity index (χ1) is 7.18. The van der Waals surface area contributed by atoms with Crippen LogP contribution in [0.25, 0.3) is 0 Å². The summed E-state index contributed by atoms with van der Waals surface area (Å²) >= 11 is 0. The third-order valence-corrected chi connectivity index (χ3v) is 4.72. The minimum atomic E-state index is 0.837. The molecule has 0 aromatic heterocycles. The van der Waals surface area contributed by atoms with Crippen molar-refractivity contribution < 1.29 is 0 Å². The van der Waals surface area contributed by atoms with E-state index >= 15 is 0 Å². The van der Waals surface area contributed by atoms with Gasteiger partial charge in [-0.1, -0.05) is 46.0 Å². The molecule has 2 atom stereocenters. The first kappa shape index (κ1) is 11.4. The number of nitrogens with zero attached hydrogens (tertiary/aromatic N) is 1. The molecular formula is C14H27N. The van der Waals surface area contributed by atoms with Crippen molar-refractivity contribution in [1.82, 2.24) is 4.90 Å². The largest absolute Gasteiger partial charge is 0.303 e. The summed E-state index contributed by atoms with van der Waals surface area (Å²) < 4.78 is 0. The van der Waals surface area contributed by atoms with Crippen LogP contribution in [0, 0.1) is 17.8 Å². The van der Waals surface area contributed by atoms with Gasteiger partial charge in [0.05, 0.1) is 0 Å². The predicted octanol–water partition coefficient (Wildman–Crippen LogP) is 3.54. The predicted molar refractivity (Wildman–Crippen MR) is 65.9 cm³/mol. The maximum atomic E-state index is 2.62. The highest BCUT2D eigenvalue weighted by Crippen LogP contribution is 2.38. The van der Waals surface area contributed by atoms with Gasteiger partial charge in [-0.25, -0.2) is 0 Å². The van der Waals surface area contributed by atoms with E-state index in [0.29, 0.717) is 0 Å². The Morgan fingerprint density at radius 2 is 1.67 bits per heavy atom. The van der Waals surface area contributed by atoms with E-state index in [-0.39, 0.29) is 0 Å². The Hall–Kier alpha value is -0.0400. The quantitative estimate of drug-likeness (QED) is 0.672. The number of rotatable bonds is 2. The molecule has 0 aromatic rings. The smallest absolute Gasteiger partial charge is 0.0118 e. The Bertz CT molecular complexity index is 194. The van der Waals surface area contributed by atoms with E-state index in [9.17, 15) is 0 Å². The lowest BCUT2D eigenvalue weighted by Gasteiger charge is -2.27. The van der Waals surface area contributed by atoms with Crippen LogP contribution in [0.5, 0.6) is 0 Å². The minimum absolute atomic E-state index is 0.837. The molecule has 88 valence electrons. The third-order valence-electron chi connectivity index (χ3n) is 4.72. The number of hydrogen-bond donors (Lipinski definition) is 0. The summed E-state index contributed by atoms with van der Waals surface area (Å²) in [4.78, 5) is 2.62. The minimum Gasteiger partial charge on any atom is -0.303 e. The van der Waals surface area contributed by atoms with Gasteiger partial charge in [0.25, 0.3) is 0 Å². The lowest BCUT2D eigenvalue weighted by atomic mass is 9.78. The molecule has 1 heteroatoms. The Labute approximate surface area is 95.2 Å². The summed E-state index contributed by atoms with van der Waals surface area (Å²) in [6.07, 6.45) is 8.99. The molecule has 1 saturated heterocycles. The molecule has 2 unspecified atom stereocenters. The molecule has 15 heavy (non-hydrogen) atoms. The summed E-state index contributed by atoms with van der Waals surface area (Å²) in [5, 5.41) is 0. The highest BCUT2D eigenvalue weighted by Gasteiger charge is 2.35. The monoisotopic (exact) mass is 209 g/mol. The second kappa shape index (κ2) is 4.86. The van der Waals surface area contributed by atoms with E-state index in [4.69, 9.17) is 0 Å². The average Bonchev–Trinajstić information content (AvgIpc) is 2.62. The molecule has 2 fully saturated rings. The van der Waals surface area contributed by atoms with Gasteiger partial charge in [-0.15, -0.1) is 0 Å². The van der Waals surface area contributed by atoms with Crippen molar-refractivity contribution in [2.45, 2.75) is 58.4 Å². The van der Waals surface area contributed by atoms with Crippen molar-refractivity contribution in [3.8, 4) is 0 Å². The molecule has 1 aliphatic carbocycles. The van der Waals surface area contributed by atoms with Gasteiger partial charge < -0.3 is 4.90 Å². The number of hydrogen-bond acceptors (Lipinski definition) is 1. The van der Waals surface area contributed by atoms with E-state index in [1.54, 1.807) is 0 Å². The van der Waals surface area contributed by atoms with Gasteiger partial charge in [0.15, 0.2) is 0 Å². The second-order valence-corrected chi connectivity index (χ2v) is 6.14. The van der Waals surface area contributed by atoms with Crippen molar-refractivity contribution in [3.63, 3.8) is 0 Å². The van der Waals surface area contributed by atoms with Gasteiger partial charge in [0.1, 0.15) is 0 Å². The lowest BCUT2D eigenvalue weighted by molar-refractivity contribution is 0.238. The molecule has 0 aromatic carbocycles. The van der Waals surface area contributed by atoms with Gasteiger partial charge >= 0.3 is 0 Å². The van der Waals surface area contributed by atoms with Gasteiger partial charge in [-0.2, -0.15) is 0 Å². The van der Waals surface area contributed by atoms with Crippen LogP contribution in [0.15, 0.2) is 0 Å². The maximum Gasteiger partial charge on any atom is 0.0118 e. The molecule has 0 bridgehead atoms. The summed E-state index contributed by atoms with van der Waals surface area (Å²) in [5.74, 6) is 2.91. The Balaban J connectivity index is 1.89. The molecule has 1 nitrogen and oxygen atoms in total. The molecule has 0 N–H and O–H groups in total. The Morgan fingerprint density at radius 1 is 1.00 bits per heavy atom. The van der Waals surface area contributed by atoms with Gasteiger partial charge in [0.2, 0.25) is 0 Å². The lowest BCUT2D eigenvalue weighted by Crippen LogP contribution is -2.29. The van der Waals surface area contributed by atoms with Crippen molar-refractivity contribution in [2.24, 2.45) is 17.8 Å². The van der Waals surface area contributed by atoms with Crippen LogP contribution in [0.4, 0.5) is 0 Å². The van der Waals surface area contributed by atoms with E-state index in [2.05, 4.69) is 25.8 Å². The summed E-state index contributed by atoms with van der Waals surface area (Å²) in [5.41, 5.74) is 0. The second-order valence-electron chi connectivity index (χ2n) is 6.14. The molecule has 1 aliphatic heterocycles. The summed E-state index contributed by atoms with van der Waals surface area (Å²) in [6, 6.07) is 0.858. The normalized spacial score (nSPS) is 35.2. The zero-order chi connectivity index (χ0) is 10.8. The van der Waals surface area contributed by atoms with Crippen molar-refractivity contribution in [2.75, 3.05) is 13.6 Å². The van der Waals surface area contributed by atoms with Gasteiger partial charge in [-0.3, -0.25) is 0 Å². The molecule has 0 spiro atoms. The van der Waals surface area contributed by atoms with Gasteiger partial charge in [-0.05, 0) is 31.2 Å². The van der Waals surface area contributed by atoms with Crippen LogP contribution in [0.2, 0.25) is 0 Å². The molecule has 1 saturated carbocycles. The van der Waals surface area contributed by atoms with Crippen molar-refractivity contribution in [3.05, 3.63) is 0 Å². The highest BCUT2D eigenvalue weighted by atomic mass is 15.2. The Kier molecular flexibility index (Phi) is 3.71. The topological polar surface area (TPSA) is 3.24 Å². The molecule has 0 radical (unpaired) electrons. The fraction of sp³-hybridized carbons (Fsp3) is 1.00. The van der Waals surface area contributed by atoms with Gasteiger partial charge in [0, 0.05) is 12.6 Å². The van der Waals surface area contributed by atoms with Crippen LogP contribution in [0.1, 0.15) is 52.4 Å².